The Hall–Kier alpha value is -3.20. The summed E-state index contributed by atoms with van der Waals surface area (Å²) in [5, 5.41) is 13.0. The molecule has 0 aliphatic rings. The Morgan fingerprint density at radius 3 is 2.42 bits per heavy atom. The average molecular weight is 346 g/mol. The van der Waals surface area contributed by atoms with Crippen molar-refractivity contribution in [3.05, 3.63) is 64.7 Å². The summed E-state index contributed by atoms with van der Waals surface area (Å²) < 4.78 is 5.28. The normalized spacial score (nSPS) is 9.67. The first-order valence-electron chi connectivity index (χ1n) is 6.83. The van der Waals surface area contributed by atoms with Gasteiger partial charge in [-0.2, -0.15) is 0 Å². The van der Waals surface area contributed by atoms with Crippen molar-refractivity contribution in [3.63, 3.8) is 0 Å². The highest BCUT2D eigenvalue weighted by atomic mass is 32.1. The number of carbonyl (C=O) groups is 1. The Morgan fingerprint density at radius 2 is 1.79 bits per heavy atom. The number of para-hydroxylation sites is 1. The van der Waals surface area contributed by atoms with Crippen LogP contribution in [0.25, 0.3) is 0 Å². The average Bonchev–Trinajstić information content (AvgIpc) is 2.59. The highest BCUT2D eigenvalue weighted by molar-refractivity contribution is 7.80. The van der Waals surface area contributed by atoms with Crippen molar-refractivity contribution in [3.8, 4) is 5.75 Å². The van der Waals surface area contributed by atoms with Crippen molar-refractivity contribution in [1.82, 2.24) is 10.7 Å². The maximum absolute atomic E-state index is 11.7. The zero-order valence-corrected chi connectivity index (χ0v) is 13.2. The van der Waals surface area contributed by atoms with Crippen LogP contribution < -0.4 is 20.9 Å². The van der Waals surface area contributed by atoms with Crippen LogP contribution in [0, 0.1) is 10.1 Å². The van der Waals surface area contributed by atoms with Crippen molar-refractivity contribution >= 4 is 34.6 Å². The van der Waals surface area contributed by atoms with Gasteiger partial charge in [0.15, 0.2) is 11.7 Å². The zero-order valence-electron chi connectivity index (χ0n) is 12.4. The molecule has 2 rings (SSSR count). The molecule has 2 aromatic carbocycles. The lowest BCUT2D eigenvalue weighted by molar-refractivity contribution is -0.384. The van der Waals surface area contributed by atoms with Gasteiger partial charge in [-0.3, -0.25) is 31.1 Å². The Labute approximate surface area is 142 Å². The molecule has 0 saturated carbocycles. The van der Waals surface area contributed by atoms with E-state index < -0.39 is 10.8 Å². The number of ether oxygens (including phenoxy) is 1. The van der Waals surface area contributed by atoms with Crippen molar-refractivity contribution in [1.29, 1.82) is 0 Å². The number of carbonyl (C=O) groups excluding carboxylic acids is 1. The number of nitro benzene ring substituents is 1. The molecule has 1 amide bonds. The smallest absolute Gasteiger partial charge is 0.269 e. The van der Waals surface area contributed by atoms with Crippen LogP contribution in [0.3, 0.4) is 0 Å². The summed E-state index contributed by atoms with van der Waals surface area (Å²) in [6, 6.07) is 14.6. The molecule has 24 heavy (non-hydrogen) atoms. The molecule has 0 aliphatic carbocycles. The van der Waals surface area contributed by atoms with Gasteiger partial charge in [0.05, 0.1) is 10.6 Å². The molecule has 0 aliphatic heterocycles. The predicted molar refractivity (Wildman–Crippen MR) is 92.5 cm³/mol. The second kappa shape index (κ2) is 8.44. The topological polar surface area (TPSA) is 106 Å². The minimum absolute atomic E-state index is 0.0190. The van der Waals surface area contributed by atoms with Crippen LogP contribution >= 0.6 is 12.2 Å². The Morgan fingerprint density at radius 1 is 1.12 bits per heavy atom. The second-order valence-electron chi connectivity index (χ2n) is 4.53. The van der Waals surface area contributed by atoms with Gasteiger partial charge in [-0.15, -0.1) is 0 Å². The largest absolute Gasteiger partial charge is 0.484 e. The van der Waals surface area contributed by atoms with Gasteiger partial charge < -0.3 is 4.74 Å². The van der Waals surface area contributed by atoms with E-state index in [1.165, 1.54) is 24.3 Å². The molecule has 0 fully saturated rings. The highest BCUT2D eigenvalue weighted by Crippen LogP contribution is 2.14. The fourth-order valence-corrected chi connectivity index (χ4v) is 1.82. The van der Waals surface area contributed by atoms with E-state index in [0.717, 1.165) is 0 Å². The third-order valence-electron chi connectivity index (χ3n) is 2.76. The molecule has 0 atom stereocenters. The van der Waals surface area contributed by atoms with Gasteiger partial charge in [-0.05, 0) is 36.5 Å². The number of nitro groups is 1. The number of nitrogens with zero attached hydrogens (tertiary/aromatic N) is 1. The van der Waals surface area contributed by atoms with Gasteiger partial charge in [0, 0.05) is 12.1 Å². The molecule has 124 valence electrons. The summed E-state index contributed by atoms with van der Waals surface area (Å²) in [6.07, 6.45) is 0. The van der Waals surface area contributed by atoms with Crippen molar-refractivity contribution < 1.29 is 14.5 Å². The number of hydrogen-bond donors (Lipinski definition) is 3. The third-order valence-corrected chi connectivity index (χ3v) is 2.97. The lowest BCUT2D eigenvalue weighted by Gasteiger charge is -2.12. The van der Waals surface area contributed by atoms with Crippen LogP contribution in [0.1, 0.15) is 0 Å². The van der Waals surface area contributed by atoms with E-state index in [2.05, 4.69) is 16.2 Å². The molecule has 0 radical (unpaired) electrons. The maximum atomic E-state index is 11.7. The number of hydrogen-bond acceptors (Lipinski definition) is 6. The Bertz CT molecular complexity index is 722. The quantitative estimate of drug-likeness (QED) is 0.417. The number of non-ortho nitro benzene ring substituents is 1. The fraction of sp³-hybridized carbons (Fsp3) is 0.0667. The standard InChI is InChI=1S/C15H14N4O4S/c20-14(10-23-13-4-2-1-3-5-13)16-15(24)18-17-11-6-8-12(9-7-11)19(21)22/h1-9,17H,10H2,(H2,16,18,20,24). The number of hydrazine groups is 1. The zero-order chi connectivity index (χ0) is 17.4. The summed E-state index contributed by atoms with van der Waals surface area (Å²) in [7, 11) is 0. The molecule has 9 heteroatoms. The monoisotopic (exact) mass is 346 g/mol. The maximum Gasteiger partial charge on any atom is 0.269 e. The lowest BCUT2D eigenvalue weighted by Crippen LogP contribution is -2.43. The Balaban J connectivity index is 1.72. The number of anilines is 1. The summed E-state index contributed by atoms with van der Waals surface area (Å²) in [5.41, 5.74) is 5.86. The summed E-state index contributed by atoms with van der Waals surface area (Å²) in [5.74, 6) is 0.164. The van der Waals surface area contributed by atoms with Crippen LogP contribution in [0.5, 0.6) is 5.75 Å². The van der Waals surface area contributed by atoms with Gasteiger partial charge in [-0.25, -0.2) is 0 Å². The van der Waals surface area contributed by atoms with Gasteiger partial charge in [0.1, 0.15) is 5.75 Å². The molecule has 0 aromatic heterocycles. The SMILES string of the molecule is O=C(COc1ccccc1)NC(=S)NNc1ccc([N+](=O)[O-])cc1. The third kappa shape index (κ3) is 5.54. The van der Waals surface area contributed by atoms with E-state index in [-0.39, 0.29) is 17.4 Å². The predicted octanol–water partition coefficient (Wildman–Crippen LogP) is 1.99. The molecule has 2 aromatic rings. The first-order valence-corrected chi connectivity index (χ1v) is 7.23. The molecule has 0 heterocycles. The van der Waals surface area contributed by atoms with E-state index in [0.29, 0.717) is 11.4 Å². The molecule has 0 saturated heterocycles. The van der Waals surface area contributed by atoms with Gasteiger partial charge in [0.2, 0.25) is 0 Å². The second-order valence-corrected chi connectivity index (χ2v) is 4.94. The minimum atomic E-state index is -0.491. The van der Waals surface area contributed by atoms with E-state index in [1.54, 1.807) is 24.3 Å². The summed E-state index contributed by atoms with van der Waals surface area (Å²) >= 11 is 4.96. The van der Waals surface area contributed by atoms with Crippen molar-refractivity contribution in [2.45, 2.75) is 0 Å². The van der Waals surface area contributed by atoms with Gasteiger partial charge in [0.25, 0.3) is 11.6 Å². The van der Waals surface area contributed by atoms with Crippen molar-refractivity contribution in [2.24, 2.45) is 0 Å². The minimum Gasteiger partial charge on any atom is -0.484 e. The van der Waals surface area contributed by atoms with Crippen LogP contribution in [-0.4, -0.2) is 22.5 Å². The van der Waals surface area contributed by atoms with Gasteiger partial charge >= 0.3 is 0 Å². The van der Waals surface area contributed by atoms with E-state index in [9.17, 15) is 14.9 Å². The number of amides is 1. The molecule has 3 N–H and O–H groups in total. The molecular formula is C15H14N4O4S. The van der Waals surface area contributed by atoms with Crippen LogP contribution in [0.2, 0.25) is 0 Å². The first-order chi connectivity index (χ1) is 11.5. The number of benzene rings is 2. The number of nitrogens with one attached hydrogen (secondary N) is 3. The molecule has 0 bridgehead atoms. The van der Waals surface area contributed by atoms with Crippen LogP contribution in [0.4, 0.5) is 11.4 Å². The molecule has 8 nitrogen and oxygen atoms in total. The Kier molecular flexibility index (Phi) is 6.03. The highest BCUT2D eigenvalue weighted by Gasteiger charge is 2.06. The molecule has 0 spiro atoms. The number of rotatable bonds is 6. The summed E-state index contributed by atoms with van der Waals surface area (Å²) in [4.78, 5) is 21.8. The first kappa shape index (κ1) is 17.2. The number of thiocarbonyl (C=S) groups is 1. The van der Waals surface area contributed by atoms with Gasteiger partial charge in [-0.1, -0.05) is 18.2 Å². The molecular weight excluding hydrogens is 332 g/mol. The van der Waals surface area contributed by atoms with Crippen molar-refractivity contribution in [2.75, 3.05) is 12.0 Å². The van der Waals surface area contributed by atoms with E-state index in [1.807, 2.05) is 6.07 Å². The van der Waals surface area contributed by atoms with Crippen LogP contribution in [0.15, 0.2) is 54.6 Å². The van der Waals surface area contributed by atoms with Crippen LogP contribution in [-0.2, 0) is 4.79 Å². The molecule has 0 unspecified atom stereocenters. The van der Waals surface area contributed by atoms with E-state index >= 15 is 0 Å². The van der Waals surface area contributed by atoms with E-state index in [4.69, 9.17) is 17.0 Å². The summed E-state index contributed by atoms with van der Waals surface area (Å²) in [6.45, 7) is -0.177. The fourth-order valence-electron chi connectivity index (χ4n) is 1.65. The lowest BCUT2D eigenvalue weighted by atomic mass is 10.3.